The zero-order chi connectivity index (χ0) is 14.3. The van der Waals surface area contributed by atoms with Gasteiger partial charge in [-0.25, -0.2) is 14.6 Å². The van der Waals surface area contributed by atoms with E-state index in [0.717, 1.165) is 9.88 Å². The van der Waals surface area contributed by atoms with Gasteiger partial charge in [0.05, 0.1) is 6.54 Å². The standard InChI is InChI=1S/C11H17N3O3S2/c1-7-5-12-9(19-7)6-13-11(17)14-8(10(15)16)3-4-18-2/h5,8H,3-4,6H2,1-2H3,(H,15,16)(H2,13,14,17)/t8-/m0/s1. The number of hydrogen-bond donors (Lipinski definition) is 3. The van der Waals surface area contributed by atoms with Crippen molar-refractivity contribution in [1.29, 1.82) is 0 Å². The Morgan fingerprint density at radius 1 is 1.58 bits per heavy atom. The highest BCUT2D eigenvalue weighted by atomic mass is 32.2. The number of nitrogens with one attached hydrogen (secondary N) is 2. The van der Waals surface area contributed by atoms with Crippen molar-refractivity contribution in [3.8, 4) is 0 Å². The lowest BCUT2D eigenvalue weighted by Gasteiger charge is -2.14. The van der Waals surface area contributed by atoms with Gasteiger partial charge >= 0.3 is 12.0 Å². The Hall–Kier alpha value is -1.28. The minimum Gasteiger partial charge on any atom is -0.480 e. The Morgan fingerprint density at radius 3 is 2.84 bits per heavy atom. The molecule has 0 aromatic carbocycles. The van der Waals surface area contributed by atoms with E-state index in [1.807, 2.05) is 13.2 Å². The maximum atomic E-state index is 11.6. The molecule has 0 bridgehead atoms. The molecule has 0 spiro atoms. The van der Waals surface area contributed by atoms with Crippen molar-refractivity contribution in [1.82, 2.24) is 15.6 Å². The molecule has 1 heterocycles. The number of thioether (sulfide) groups is 1. The van der Waals surface area contributed by atoms with Gasteiger partial charge in [0.2, 0.25) is 0 Å². The summed E-state index contributed by atoms with van der Waals surface area (Å²) in [5.74, 6) is -0.336. The van der Waals surface area contributed by atoms with Crippen LogP contribution in [0.4, 0.5) is 4.79 Å². The Bertz CT molecular complexity index is 437. The van der Waals surface area contributed by atoms with Crippen molar-refractivity contribution in [2.75, 3.05) is 12.0 Å². The largest absolute Gasteiger partial charge is 0.480 e. The minimum absolute atomic E-state index is 0.305. The number of amides is 2. The Kier molecular flexibility index (Phi) is 6.65. The molecule has 2 amide bonds. The maximum absolute atomic E-state index is 11.6. The highest BCUT2D eigenvalue weighted by Crippen LogP contribution is 2.10. The molecule has 6 nitrogen and oxygen atoms in total. The molecule has 1 atom stereocenters. The predicted molar refractivity (Wildman–Crippen MR) is 76.6 cm³/mol. The van der Waals surface area contributed by atoms with Crippen molar-refractivity contribution < 1.29 is 14.7 Å². The Morgan fingerprint density at radius 2 is 2.32 bits per heavy atom. The molecule has 0 saturated carbocycles. The SMILES string of the molecule is CSCC[C@H](NC(=O)NCc1ncc(C)s1)C(=O)O. The summed E-state index contributed by atoms with van der Waals surface area (Å²) in [4.78, 5) is 27.7. The first-order chi connectivity index (χ1) is 9.02. The number of aryl methyl sites for hydroxylation is 1. The lowest BCUT2D eigenvalue weighted by Crippen LogP contribution is -2.46. The summed E-state index contributed by atoms with van der Waals surface area (Å²) in [6.45, 7) is 2.24. The number of urea groups is 1. The van der Waals surface area contributed by atoms with Crippen LogP contribution in [0.1, 0.15) is 16.3 Å². The number of carbonyl (C=O) groups excluding carboxylic acids is 1. The highest BCUT2D eigenvalue weighted by molar-refractivity contribution is 7.98. The molecule has 0 saturated heterocycles. The number of rotatable bonds is 7. The van der Waals surface area contributed by atoms with Crippen LogP contribution < -0.4 is 10.6 Å². The van der Waals surface area contributed by atoms with Crippen LogP contribution >= 0.6 is 23.1 Å². The number of thiazole rings is 1. The van der Waals surface area contributed by atoms with E-state index in [9.17, 15) is 9.59 Å². The molecule has 0 aliphatic carbocycles. The fourth-order valence-electron chi connectivity index (χ4n) is 1.34. The van der Waals surface area contributed by atoms with Gasteiger partial charge in [0.15, 0.2) is 0 Å². The van der Waals surface area contributed by atoms with E-state index < -0.39 is 18.0 Å². The van der Waals surface area contributed by atoms with Crippen molar-refractivity contribution in [2.24, 2.45) is 0 Å². The Balaban J connectivity index is 2.37. The molecule has 8 heteroatoms. The molecule has 0 aliphatic rings. The van der Waals surface area contributed by atoms with E-state index in [1.165, 1.54) is 11.3 Å². The average molecular weight is 303 g/mol. The molecule has 106 valence electrons. The van der Waals surface area contributed by atoms with Gasteiger partial charge in [-0.2, -0.15) is 11.8 Å². The molecule has 1 aromatic rings. The van der Waals surface area contributed by atoms with E-state index in [-0.39, 0.29) is 0 Å². The fraction of sp³-hybridized carbons (Fsp3) is 0.545. The monoisotopic (exact) mass is 303 g/mol. The van der Waals surface area contributed by atoms with E-state index in [4.69, 9.17) is 5.11 Å². The lowest BCUT2D eigenvalue weighted by molar-refractivity contribution is -0.139. The third kappa shape index (κ3) is 5.93. The second-order valence-corrected chi connectivity index (χ2v) is 6.17. The summed E-state index contributed by atoms with van der Waals surface area (Å²) in [5.41, 5.74) is 0. The predicted octanol–water partition coefficient (Wildman–Crippen LogP) is 1.46. The first-order valence-corrected chi connectivity index (χ1v) is 7.91. The normalized spacial score (nSPS) is 11.9. The van der Waals surface area contributed by atoms with Crippen molar-refractivity contribution in [3.63, 3.8) is 0 Å². The van der Waals surface area contributed by atoms with Crippen LogP contribution in [0.2, 0.25) is 0 Å². The first kappa shape index (κ1) is 15.8. The number of aromatic nitrogens is 1. The van der Waals surface area contributed by atoms with Crippen LogP contribution in [0.5, 0.6) is 0 Å². The number of nitrogens with zero attached hydrogens (tertiary/aromatic N) is 1. The van der Waals surface area contributed by atoms with Crippen LogP contribution in [0.15, 0.2) is 6.20 Å². The van der Waals surface area contributed by atoms with Crippen LogP contribution in [0.25, 0.3) is 0 Å². The van der Waals surface area contributed by atoms with E-state index in [1.54, 1.807) is 18.0 Å². The molecule has 0 aliphatic heterocycles. The molecule has 0 unspecified atom stereocenters. The molecule has 3 N–H and O–H groups in total. The maximum Gasteiger partial charge on any atom is 0.326 e. The second kappa shape index (κ2) is 8.00. The van der Waals surface area contributed by atoms with Gasteiger partial charge in [0, 0.05) is 11.1 Å². The summed E-state index contributed by atoms with van der Waals surface area (Å²) in [7, 11) is 0. The summed E-state index contributed by atoms with van der Waals surface area (Å²) < 4.78 is 0. The number of carboxylic acid groups (broad SMARTS) is 1. The van der Waals surface area contributed by atoms with Gasteiger partial charge in [0.25, 0.3) is 0 Å². The molecular weight excluding hydrogens is 286 g/mol. The van der Waals surface area contributed by atoms with E-state index >= 15 is 0 Å². The van der Waals surface area contributed by atoms with Gasteiger partial charge < -0.3 is 15.7 Å². The number of carbonyl (C=O) groups is 2. The summed E-state index contributed by atoms with van der Waals surface area (Å²) in [6, 6.07) is -1.34. The Labute approximate surface area is 120 Å². The van der Waals surface area contributed by atoms with E-state index in [0.29, 0.717) is 18.7 Å². The quantitative estimate of drug-likeness (QED) is 0.709. The van der Waals surface area contributed by atoms with Crippen LogP contribution in [0.3, 0.4) is 0 Å². The number of carboxylic acids is 1. The summed E-state index contributed by atoms with van der Waals surface area (Å²) in [6.07, 6.45) is 4.03. The highest BCUT2D eigenvalue weighted by Gasteiger charge is 2.19. The van der Waals surface area contributed by atoms with Crippen molar-refractivity contribution in [2.45, 2.75) is 25.9 Å². The number of hydrogen-bond acceptors (Lipinski definition) is 5. The topological polar surface area (TPSA) is 91.3 Å². The molecule has 0 radical (unpaired) electrons. The smallest absolute Gasteiger partial charge is 0.326 e. The third-order valence-electron chi connectivity index (χ3n) is 2.28. The zero-order valence-corrected chi connectivity index (χ0v) is 12.4. The molecule has 1 aromatic heterocycles. The number of aliphatic carboxylic acids is 1. The van der Waals surface area contributed by atoms with Gasteiger partial charge in [-0.05, 0) is 25.4 Å². The van der Waals surface area contributed by atoms with E-state index in [2.05, 4.69) is 15.6 Å². The first-order valence-electron chi connectivity index (χ1n) is 5.70. The van der Waals surface area contributed by atoms with Crippen LogP contribution in [0, 0.1) is 6.92 Å². The van der Waals surface area contributed by atoms with Gasteiger partial charge in [0.1, 0.15) is 11.0 Å². The summed E-state index contributed by atoms with van der Waals surface area (Å²) in [5, 5.41) is 14.8. The van der Waals surface area contributed by atoms with Crippen molar-refractivity contribution in [3.05, 3.63) is 16.1 Å². The summed E-state index contributed by atoms with van der Waals surface area (Å²) >= 11 is 3.04. The zero-order valence-electron chi connectivity index (χ0n) is 10.8. The van der Waals surface area contributed by atoms with Gasteiger partial charge in [-0.3, -0.25) is 0 Å². The van der Waals surface area contributed by atoms with Gasteiger partial charge in [-0.1, -0.05) is 0 Å². The third-order valence-corrected chi connectivity index (χ3v) is 3.84. The minimum atomic E-state index is -1.02. The second-order valence-electron chi connectivity index (χ2n) is 3.86. The van der Waals surface area contributed by atoms with Gasteiger partial charge in [-0.15, -0.1) is 11.3 Å². The van der Waals surface area contributed by atoms with Crippen LogP contribution in [-0.2, 0) is 11.3 Å². The van der Waals surface area contributed by atoms with Crippen molar-refractivity contribution >= 4 is 35.1 Å². The molecule has 19 heavy (non-hydrogen) atoms. The average Bonchev–Trinajstić information content (AvgIpc) is 2.77. The molecular formula is C11H17N3O3S2. The molecule has 1 rings (SSSR count). The van der Waals surface area contributed by atoms with Crippen LogP contribution in [-0.4, -0.2) is 40.1 Å². The molecule has 0 fully saturated rings. The fourth-order valence-corrected chi connectivity index (χ4v) is 2.54. The lowest BCUT2D eigenvalue weighted by atomic mass is 10.2.